The van der Waals surface area contributed by atoms with Crippen LogP contribution in [-0.2, 0) is 11.3 Å². The molecule has 144 valence electrons. The maximum absolute atomic E-state index is 12.5. The highest BCUT2D eigenvalue weighted by Crippen LogP contribution is 2.12. The number of aromatic nitrogens is 2. The van der Waals surface area contributed by atoms with E-state index in [4.69, 9.17) is 4.74 Å². The SMILES string of the molecule is CC(C)(C)OC(=O)N(CCCNC(=O)c1ccccn1)Cc1cccnc1. The van der Waals surface area contributed by atoms with Crippen molar-refractivity contribution in [3.63, 3.8) is 0 Å². The molecule has 0 unspecified atom stereocenters. The molecule has 27 heavy (non-hydrogen) atoms. The fourth-order valence-corrected chi connectivity index (χ4v) is 2.33. The first-order valence-electron chi connectivity index (χ1n) is 8.91. The molecule has 0 bridgehead atoms. The second-order valence-corrected chi connectivity index (χ2v) is 7.09. The Bertz CT molecular complexity index is 730. The van der Waals surface area contributed by atoms with E-state index in [0.717, 1.165) is 5.56 Å². The van der Waals surface area contributed by atoms with E-state index in [2.05, 4.69) is 15.3 Å². The van der Waals surface area contributed by atoms with E-state index in [1.54, 1.807) is 41.7 Å². The van der Waals surface area contributed by atoms with Crippen LogP contribution in [0.2, 0.25) is 0 Å². The quantitative estimate of drug-likeness (QED) is 0.757. The minimum atomic E-state index is -0.572. The number of hydrogen-bond donors (Lipinski definition) is 1. The van der Waals surface area contributed by atoms with Gasteiger partial charge in [-0.25, -0.2) is 4.79 Å². The Hall–Kier alpha value is -2.96. The lowest BCUT2D eigenvalue weighted by atomic mass is 10.2. The third-order valence-corrected chi connectivity index (χ3v) is 3.54. The topological polar surface area (TPSA) is 84.4 Å². The van der Waals surface area contributed by atoms with Gasteiger partial charge in [-0.1, -0.05) is 12.1 Å². The van der Waals surface area contributed by atoms with E-state index in [-0.39, 0.29) is 12.0 Å². The first-order chi connectivity index (χ1) is 12.8. The van der Waals surface area contributed by atoms with Crippen LogP contribution in [0.5, 0.6) is 0 Å². The van der Waals surface area contributed by atoms with Crippen LogP contribution in [0.1, 0.15) is 43.2 Å². The van der Waals surface area contributed by atoms with Crippen molar-refractivity contribution in [1.29, 1.82) is 0 Å². The summed E-state index contributed by atoms with van der Waals surface area (Å²) < 4.78 is 5.49. The van der Waals surface area contributed by atoms with Gasteiger partial charge in [0.2, 0.25) is 0 Å². The maximum Gasteiger partial charge on any atom is 0.410 e. The van der Waals surface area contributed by atoms with Crippen LogP contribution in [0, 0.1) is 0 Å². The number of carbonyl (C=O) groups is 2. The molecule has 0 radical (unpaired) electrons. The number of amides is 2. The molecule has 2 amide bonds. The number of nitrogens with zero attached hydrogens (tertiary/aromatic N) is 3. The molecule has 0 saturated heterocycles. The van der Waals surface area contributed by atoms with Crippen molar-refractivity contribution in [1.82, 2.24) is 20.2 Å². The number of nitrogens with one attached hydrogen (secondary N) is 1. The Morgan fingerprint density at radius 1 is 1.15 bits per heavy atom. The van der Waals surface area contributed by atoms with Gasteiger partial charge in [-0.05, 0) is 51.0 Å². The van der Waals surface area contributed by atoms with E-state index < -0.39 is 5.60 Å². The number of rotatable bonds is 7. The van der Waals surface area contributed by atoms with Gasteiger partial charge in [-0.2, -0.15) is 0 Å². The van der Waals surface area contributed by atoms with Gasteiger partial charge in [0.1, 0.15) is 11.3 Å². The van der Waals surface area contributed by atoms with Crippen molar-refractivity contribution in [3.05, 3.63) is 60.2 Å². The molecule has 7 heteroatoms. The summed E-state index contributed by atoms with van der Waals surface area (Å²) in [6.07, 6.45) is 5.20. The Morgan fingerprint density at radius 3 is 2.59 bits per heavy atom. The molecule has 0 aliphatic rings. The summed E-state index contributed by atoms with van der Waals surface area (Å²) in [5, 5.41) is 2.81. The lowest BCUT2D eigenvalue weighted by Gasteiger charge is -2.27. The van der Waals surface area contributed by atoms with E-state index in [9.17, 15) is 9.59 Å². The number of ether oxygens (including phenoxy) is 1. The standard InChI is InChI=1S/C20H26N4O3/c1-20(2,3)27-19(26)24(15-16-8-6-10-21-14-16)13-7-12-23-18(25)17-9-4-5-11-22-17/h4-6,8-11,14H,7,12-13,15H2,1-3H3,(H,23,25). The number of carbonyl (C=O) groups excluding carboxylic acids is 2. The monoisotopic (exact) mass is 370 g/mol. The predicted octanol–water partition coefficient (Wildman–Crippen LogP) is 3.03. The van der Waals surface area contributed by atoms with Crippen molar-refractivity contribution in [2.24, 2.45) is 0 Å². The molecule has 2 aromatic rings. The first kappa shape index (κ1) is 20.4. The van der Waals surface area contributed by atoms with Crippen molar-refractivity contribution in [3.8, 4) is 0 Å². The smallest absolute Gasteiger partial charge is 0.410 e. The third-order valence-electron chi connectivity index (χ3n) is 3.54. The molecule has 1 N–H and O–H groups in total. The van der Waals surface area contributed by atoms with E-state index in [0.29, 0.717) is 31.7 Å². The molecule has 0 atom stereocenters. The molecule has 0 aliphatic heterocycles. The minimum absolute atomic E-state index is 0.230. The van der Waals surface area contributed by atoms with Gasteiger partial charge in [0.15, 0.2) is 0 Å². The molecule has 0 spiro atoms. The van der Waals surface area contributed by atoms with Gasteiger partial charge in [0, 0.05) is 31.7 Å². The summed E-state index contributed by atoms with van der Waals surface area (Å²) in [4.78, 5) is 34.2. The molecule has 0 saturated carbocycles. The minimum Gasteiger partial charge on any atom is -0.444 e. The summed E-state index contributed by atoms with van der Waals surface area (Å²) in [5.74, 6) is -0.230. The van der Waals surface area contributed by atoms with Gasteiger partial charge in [0.25, 0.3) is 5.91 Å². The highest BCUT2D eigenvalue weighted by Gasteiger charge is 2.22. The fraction of sp³-hybridized carbons (Fsp3) is 0.400. The van der Waals surface area contributed by atoms with Crippen molar-refractivity contribution < 1.29 is 14.3 Å². The molecule has 2 aromatic heterocycles. The Labute approximate surface area is 159 Å². The lowest BCUT2D eigenvalue weighted by molar-refractivity contribution is 0.0232. The van der Waals surface area contributed by atoms with Gasteiger partial charge < -0.3 is 15.0 Å². The third kappa shape index (κ3) is 7.43. The van der Waals surface area contributed by atoms with E-state index in [1.807, 2.05) is 32.9 Å². The maximum atomic E-state index is 12.5. The average Bonchev–Trinajstić information content (AvgIpc) is 2.64. The predicted molar refractivity (Wildman–Crippen MR) is 102 cm³/mol. The molecular weight excluding hydrogens is 344 g/mol. The lowest BCUT2D eigenvalue weighted by Crippen LogP contribution is -2.38. The normalized spacial score (nSPS) is 10.9. The highest BCUT2D eigenvalue weighted by molar-refractivity contribution is 5.92. The summed E-state index contributed by atoms with van der Waals surface area (Å²) in [6, 6.07) is 8.92. The molecular formula is C20H26N4O3. The van der Waals surface area contributed by atoms with Crippen molar-refractivity contribution in [2.45, 2.75) is 39.3 Å². The van der Waals surface area contributed by atoms with Gasteiger partial charge in [0.05, 0.1) is 6.54 Å². The Morgan fingerprint density at radius 2 is 1.96 bits per heavy atom. The summed E-state index contributed by atoms with van der Waals surface area (Å²) in [6.45, 7) is 6.78. The summed E-state index contributed by atoms with van der Waals surface area (Å²) in [5.41, 5.74) is 0.718. The van der Waals surface area contributed by atoms with Crippen LogP contribution in [0.4, 0.5) is 4.79 Å². The molecule has 0 fully saturated rings. The molecule has 2 rings (SSSR count). The largest absolute Gasteiger partial charge is 0.444 e. The molecule has 2 heterocycles. The van der Waals surface area contributed by atoms with Crippen LogP contribution in [0.15, 0.2) is 48.9 Å². The highest BCUT2D eigenvalue weighted by atomic mass is 16.6. The first-order valence-corrected chi connectivity index (χ1v) is 8.91. The number of hydrogen-bond acceptors (Lipinski definition) is 5. The van der Waals surface area contributed by atoms with Crippen LogP contribution in [0.25, 0.3) is 0 Å². The van der Waals surface area contributed by atoms with E-state index in [1.165, 1.54) is 0 Å². The molecule has 0 aliphatic carbocycles. The van der Waals surface area contributed by atoms with Crippen molar-refractivity contribution >= 4 is 12.0 Å². The zero-order valence-corrected chi connectivity index (χ0v) is 16.0. The number of pyridine rings is 2. The van der Waals surface area contributed by atoms with Gasteiger partial charge in [-0.3, -0.25) is 14.8 Å². The second kappa shape index (κ2) is 9.66. The molecule has 0 aromatic carbocycles. The second-order valence-electron chi connectivity index (χ2n) is 7.09. The zero-order valence-electron chi connectivity index (χ0n) is 16.0. The van der Waals surface area contributed by atoms with Gasteiger partial charge >= 0.3 is 6.09 Å². The van der Waals surface area contributed by atoms with Crippen LogP contribution >= 0.6 is 0 Å². The average molecular weight is 370 g/mol. The zero-order chi connectivity index (χ0) is 19.7. The molecule has 7 nitrogen and oxygen atoms in total. The summed E-state index contributed by atoms with van der Waals surface area (Å²) >= 11 is 0. The fourth-order valence-electron chi connectivity index (χ4n) is 2.33. The van der Waals surface area contributed by atoms with Crippen LogP contribution < -0.4 is 5.32 Å². The Kier molecular flexibility index (Phi) is 7.28. The van der Waals surface area contributed by atoms with Crippen LogP contribution in [0.3, 0.4) is 0 Å². The summed E-state index contributed by atoms with van der Waals surface area (Å²) in [7, 11) is 0. The van der Waals surface area contributed by atoms with E-state index >= 15 is 0 Å². The van der Waals surface area contributed by atoms with Crippen LogP contribution in [-0.4, -0.2) is 45.6 Å². The van der Waals surface area contributed by atoms with Gasteiger partial charge in [-0.15, -0.1) is 0 Å². The van der Waals surface area contributed by atoms with Crippen molar-refractivity contribution in [2.75, 3.05) is 13.1 Å². The Balaban J connectivity index is 1.89.